The van der Waals surface area contributed by atoms with Gasteiger partial charge in [0.25, 0.3) is 0 Å². The summed E-state index contributed by atoms with van der Waals surface area (Å²) < 4.78 is 24.3. The highest BCUT2D eigenvalue weighted by molar-refractivity contribution is 5.74. The average molecular weight is 372 g/mol. The van der Waals surface area contributed by atoms with E-state index < -0.39 is 0 Å². The maximum absolute atomic E-state index is 13.3. The fraction of sp³-hybridized carbons (Fsp3) is 0.381. The minimum atomic E-state index is -0.259. The molecule has 0 aliphatic carbocycles. The predicted molar refractivity (Wildman–Crippen MR) is 101 cm³/mol. The molecule has 0 aromatic heterocycles. The van der Waals surface area contributed by atoms with Crippen molar-refractivity contribution < 1.29 is 18.7 Å². The van der Waals surface area contributed by atoms with E-state index in [2.05, 4.69) is 10.6 Å². The molecule has 5 nitrogen and oxygen atoms in total. The lowest BCUT2D eigenvalue weighted by Crippen LogP contribution is -2.47. The van der Waals surface area contributed by atoms with Crippen LogP contribution in [-0.4, -0.2) is 38.9 Å². The predicted octanol–water partition coefficient (Wildman–Crippen LogP) is 3.25. The standard InChI is InChI=1S/C21H25FN2O3/c22-18-8-6-17(7-9-18)21(10-13-26-14-11-21)16-24-20(25)23-12-15-27-19-4-2-1-3-5-19/h1-9H,10-16H2,(H2,23,24,25). The molecular weight excluding hydrogens is 347 g/mol. The van der Waals surface area contributed by atoms with Crippen LogP contribution in [0.4, 0.5) is 9.18 Å². The molecule has 0 spiro atoms. The highest BCUT2D eigenvalue weighted by atomic mass is 19.1. The summed E-state index contributed by atoms with van der Waals surface area (Å²) >= 11 is 0. The first-order chi connectivity index (χ1) is 13.2. The number of nitrogens with one attached hydrogen (secondary N) is 2. The Morgan fingerprint density at radius 3 is 2.44 bits per heavy atom. The molecule has 2 aromatic rings. The van der Waals surface area contributed by atoms with Crippen molar-refractivity contribution in [3.05, 3.63) is 66.0 Å². The van der Waals surface area contributed by atoms with Gasteiger partial charge in [-0.1, -0.05) is 30.3 Å². The van der Waals surface area contributed by atoms with E-state index in [-0.39, 0.29) is 17.3 Å². The van der Waals surface area contributed by atoms with Crippen LogP contribution >= 0.6 is 0 Å². The molecule has 0 radical (unpaired) electrons. The maximum atomic E-state index is 13.3. The third-order valence-electron chi connectivity index (χ3n) is 4.89. The molecule has 1 saturated heterocycles. The summed E-state index contributed by atoms with van der Waals surface area (Å²) in [6.07, 6.45) is 1.58. The van der Waals surface area contributed by atoms with E-state index in [1.54, 1.807) is 12.1 Å². The Morgan fingerprint density at radius 1 is 1.04 bits per heavy atom. The number of hydrogen-bond donors (Lipinski definition) is 2. The van der Waals surface area contributed by atoms with E-state index >= 15 is 0 Å². The number of rotatable bonds is 7. The molecule has 2 N–H and O–H groups in total. The second-order valence-electron chi connectivity index (χ2n) is 6.67. The van der Waals surface area contributed by atoms with Crippen LogP contribution in [0.3, 0.4) is 0 Å². The summed E-state index contributed by atoms with van der Waals surface area (Å²) in [5.74, 6) is 0.516. The van der Waals surface area contributed by atoms with Gasteiger partial charge in [0.15, 0.2) is 0 Å². The summed E-state index contributed by atoms with van der Waals surface area (Å²) in [5, 5.41) is 5.75. The molecule has 1 aliphatic heterocycles. The van der Waals surface area contributed by atoms with Crippen molar-refractivity contribution in [1.82, 2.24) is 10.6 Å². The summed E-state index contributed by atoms with van der Waals surface area (Å²) in [6, 6.07) is 15.8. The van der Waals surface area contributed by atoms with Crippen LogP contribution in [0.2, 0.25) is 0 Å². The Bertz CT molecular complexity index is 716. The Labute approximate surface area is 158 Å². The van der Waals surface area contributed by atoms with Gasteiger partial charge in [-0.25, -0.2) is 9.18 Å². The van der Waals surface area contributed by atoms with E-state index in [0.29, 0.717) is 32.9 Å². The molecule has 1 heterocycles. The van der Waals surface area contributed by atoms with E-state index in [1.807, 2.05) is 30.3 Å². The largest absolute Gasteiger partial charge is 0.492 e. The monoisotopic (exact) mass is 372 g/mol. The zero-order valence-electron chi connectivity index (χ0n) is 15.2. The first-order valence-corrected chi connectivity index (χ1v) is 9.21. The van der Waals surface area contributed by atoms with Crippen molar-refractivity contribution in [1.29, 1.82) is 0 Å². The van der Waals surface area contributed by atoms with Gasteiger partial charge in [-0.15, -0.1) is 0 Å². The third-order valence-corrected chi connectivity index (χ3v) is 4.89. The van der Waals surface area contributed by atoms with Gasteiger partial charge in [0.05, 0.1) is 6.54 Å². The van der Waals surface area contributed by atoms with Gasteiger partial charge >= 0.3 is 6.03 Å². The molecule has 27 heavy (non-hydrogen) atoms. The van der Waals surface area contributed by atoms with Crippen LogP contribution in [0.5, 0.6) is 5.75 Å². The lowest BCUT2D eigenvalue weighted by molar-refractivity contribution is 0.0506. The minimum absolute atomic E-state index is 0.232. The molecule has 3 rings (SSSR count). The average Bonchev–Trinajstić information content (AvgIpc) is 2.72. The fourth-order valence-electron chi connectivity index (χ4n) is 3.30. The lowest BCUT2D eigenvalue weighted by Gasteiger charge is -2.38. The first-order valence-electron chi connectivity index (χ1n) is 9.21. The van der Waals surface area contributed by atoms with E-state index in [4.69, 9.17) is 9.47 Å². The van der Waals surface area contributed by atoms with Crippen molar-refractivity contribution in [3.63, 3.8) is 0 Å². The number of carbonyl (C=O) groups is 1. The van der Waals surface area contributed by atoms with Crippen LogP contribution in [0.15, 0.2) is 54.6 Å². The summed E-state index contributed by atoms with van der Waals surface area (Å²) in [6.45, 7) is 2.55. The molecule has 0 bridgehead atoms. The number of carbonyl (C=O) groups excluding carboxylic acids is 1. The molecule has 0 saturated carbocycles. The molecule has 2 amide bonds. The Hall–Kier alpha value is -2.60. The van der Waals surface area contributed by atoms with Crippen LogP contribution < -0.4 is 15.4 Å². The van der Waals surface area contributed by atoms with Gasteiger partial charge in [-0.3, -0.25) is 0 Å². The summed E-state index contributed by atoms with van der Waals surface area (Å²) in [5.41, 5.74) is 0.795. The summed E-state index contributed by atoms with van der Waals surface area (Å²) in [7, 11) is 0. The van der Waals surface area contributed by atoms with Gasteiger partial charge in [-0.2, -0.15) is 0 Å². The van der Waals surface area contributed by atoms with Crippen molar-refractivity contribution >= 4 is 6.03 Å². The number of benzene rings is 2. The van der Waals surface area contributed by atoms with Gasteiger partial charge in [-0.05, 0) is 42.7 Å². The van der Waals surface area contributed by atoms with Gasteiger partial charge in [0.1, 0.15) is 18.2 Å². The highest BCUT2D eigenvalue weighted by Gasteiger charge is 2.34. The number of hydrogen-bond acceptors (Lipinski definition) is 3. The molecule has 0 atom stereocenters. The lowest BCUT2D eigenvalue weighted by atomic mass is 9.74. The number of halogens is 1. The van der Waals surface area contributed by atoms with Crippen molar-refractivity contribution in [2.24, 2.45) is 0 Å². The van der Waals surface area contributed by atoms with Crippen molar-refractivity contribution in [2.75, 3.05) is 32.9 Å². The van der Waals surface area contributed by atoms with E-state index in [1.165, 1.54) is 12.1 Å². The topological polar surface area (TPSA) is 59.6 Å². The van der Waals surface area contributed by atoms with Gasteiger partial charge in [0, 0.05) is 25.2 Å². The van der Waals surface area contributed by atoms with Crippen molar-refractivity contribution in [3.8, 4) is 5.75 Å². The normalized spacial score (nSPS) is 15.7. The SMILES string of the molecule is O=C(NCCOc1ccccc1)NCC1(c2ccc(F)cc2)CCOCC1. The number of urea groups is 1. The van der Waals surface area contributed by atoms with E-state index in [9.17, 15) is 9.18 Å². The molecule has 0 unspecified atom stereocenters. The molecule has 144 valence electrons. The summed E-state index contributed by atoms with van der Waals surface area (Å²) in [4.78, 5) is 12.2. The van der Waals surface area contributed by atoms with Gasteiger partial charge < -0.3 is 20.1 Å². The Kier molecular flexibility index (Phi) is 6.65. The fourth-order valence-corrected chi connectivity index (χ4v) is 3.30. The third kappa shape index (κ3) is 5.44. The molecule has 1 aliphatic rings. The zero-order valence-corrected chi connectivity index (χ0v) is 15.2. The number of para-hydroxylation sites is 1. The second kappa shape index (κ2) is 9.37. The molecular formula is C21H25FN2O3. The van der Waals surface area contributed by atoms with Crippen LogP contribution in [0.1, 0.15) is 18.4 Å². The van der Waals surface area contributed by atoms with Crippen LogP contribution in [0, 0.1) is 5.82 Å². The minimum Gasteiger partial charge on any atom is -0.492 e. The molecule has 2 aromatic carbocycles. The second-order valence-corrected chi connectivity index (χ2v) is 6.67. The highest BCUT2D eigenvalue weighted by Crippen LogP contribution is 2.34. The Balaban J connectivity index is 1.48. The van der Waals surface area contributed by atoms with Crippen molar-refractivity contribution in [2.45, 2.75) is 18.3 Å². The van der Waals surface area contributed by atoms with E-state index in [0.717, 1.165) is 24.2 Å². The smallest absolute Gasteiger partial charge is 0.314 e. The zero-order chi connectivity index (χ0) is 19.0. The Morgan fingerprint density at radius 2 is 1.74 bits per heavy atom. The van der Waals surface area contributed by atoms with Crippen LogP contribution in [-0.2, 0) is 10.2 Å². The van der Waals surface area contributed by atoms with Crippen LogP contribution in [0.25, 0.3) is 0 Å². The van der Waals surface area contributed by atoms with Gasteiger partial charge in [0.2, 0.25) is 0 Å². The first kappa shape index (κ1) is 19.2. The number of amides is 2. The quantitative estimate of drug-likeness (QED) is 0.734. The maximum Gasteiger partial charge on any atom is 0.314 e. The number of ether oxygens (including phenoxy) is 2. The molecule has 6 heteroatoms. The molecule has 1 fully saturated rings.